The lowest BCUT2D eigenvalue weighted by molar-refractivity contribution is 0.262. The molecular formula is C35H40N6O3S3. The summed E-state index contributed by atoms with van der Waals surface area (Å²) >= 11 is 2.81. The topological polar surface area (TPSA) is 118 Å². The molecule has 6 rings (SSSR count). The standard InChI is InChI=1S/C35H40N6O3S3/c1-22-9-11-27(12-10-22)41-31(20-30(40-41)35(3,4)5)39-34(42)38-26-8-6-7-25(19-26)33(24-15-17-36-18-16-24)47(43,44)32-14-13-29(46-32)28-21-45-23(2)37-28/h6-14,19-21,24,33,36H,15-18H2,1-5H3,(H2,38,39,42). The summed E-state index contributed by atoms with van der Waals surface area (Å²) < 4.78 is 30.9. The van der Waals surface area contributed by atoms with Crippen LogP contribution in [0.1, 0.15) is 60.7 Å². The molecule has 2 aromatic carbocycles. The number of benzene rings is 2. The van der Waals surface area contributed by atoms with E-state index >= 15 is 0 Å². The van der Waals surface area contributed by atoms with Crippen molar-refractivity contribution in [1.82, 2.24) is 20.1 Å². The Labute approximate surface area is 284 Å². The van der Waals surface area contributed by atoms with E-state index in [9.17, 15) is 13.2 Å². The molecule has 1 aliphatic rings. The van der Waals surface area contributed by atoms with Crippen LogP contribution in [0.3, 0.4) is 0 Å². The van der Waals surface area contributed by atoms with E-state index in [4.69, 9.17) is 5.10 Å². The molecule has 0 radical (unpaired) electrons. The number of aryl methyl sites for hydroxylation is 2. The molecule has 1 fully saturated rings. The predicted molar refractivity (Wildman–Crippen MR) is 192 cm³/mol. The molecule has 1 aliphatic heterocycles. The van der Waals surface area contributed by atoms with Gasteiger partial charge >= 0.3 is 6.03 Å². The first-order valence-corrected chi connectivity index (χ1v) is 19.0. The van der Waals surface area contributed by atoms with Crippen molar-refractivity contribution in [3.8, 4) is 16.3 Å². The molecular weight excluding hydrogens is 649 g/mol. The summed E-state index contributed by atoms with van der Waals surface area (Å²) in [6.45, 7) is 11.7. The maximum Gasteiger partial charge on any atom is 0.324 e. The lowest BCUT2D eigenvalue weighted by atomic mass is 9.90. The van der Waals surface area contributed by atoms with Gasteiger partial charge in [0.2, 0.25) is 0 Å². The highest BCUT2D eigenvalue weighted by Crippen LogP contribution is 2.43. The highest BCUT2D eigenvalue weighted by Gasteiger charge is 2.38. The number of rotatable bonds is 8. The molecule has 4 heterocycles. The number of thiophene rings is 1. The largest absolute Gasteiger partial charge is 0.324 e. The lowest BCUT2D eigenvalue weighted by Gasteiger charge is -2.30. The molecule has 47 heavy (non-hydrogen) atoms. The Morgan fingerprint density at radius 3 is 2.43 bits per heavy atom. The van der Waals surface area contributed by atoms with E-state index in [-0.39, 0.29) is 11.3 Å². The third kappa shape index (κ3) is 7.35. The van der Waals surface area contributed by atoms with E-state index in [1.165, 1.54) is 11.3 Å². The van der Waals surface area contributed by atoms with Gasteiger partial charge in [0, 0.05) is 22.5 Å². The summed E-state index contributed by atoms with van der Waals surface area (Å²) in [5.74, 6) is 0.462. The van der Waals surface area contributed by atoms with Crippen LogP contribution in [0.25, 0.3) is 16.3 Å². The van der Waals surface area contributed by atoms with E-state index in [0.29, 0.717) is 21.3 Å². The van der Waals surface area contributed by atoms with Crippen LogP contribution in [-0.2, 0) is 15.3 Å². The molecule has 1 saturated heterocycles. The summed E-state index contributed by atoms with van der Waals surface area (Å²) in [4.78, 5) is 18.8. The molecule has 9 nitrogen and oxygen atoms in total. The second-order valence-electron chi connectivity index (χ2n) is 13.0. The van der Waals surface area contributed by atoms with Crippen molar-refractivity contribution in [1.29, 1.82) is 0 Å². The van der Waals surface area contributed by atoms with E-state index in [1.54, 1.807) is 40.3 Å². The average molecular weight is 689 g/mol. The third-order valence-corrected chi connectivity index (χ3v) is 13.0. The molecule has 1 atom stereocenters. The minimum Gasteiger partial charge on any atom is -0.317 e. The Morgan fingerprint density at radius 1 is 1.00 bits per heavy atom. The van der Waals surface area contributed by atoms with Crippen molar-refractivity contribution in [3.05, 3.63) is 93.9 Å². The number of anilines is 2. The van der Waals surface area contributed by atoms with Gasteiger partial charge < -0.3 is 10.6 Å². The van der Waals surface area contributed by atoms with Crippen LogP contribution in [0.15, 0.2) is 76.3 Å². The molecule has 246 valence electrons. The Balaban J connectivity index is 1.28. The van der Waals surface area contributed by atoms with Crippen LogP contribution in [0.2, 0.25) is 0 Å². The van der Waals surface area contributed by atoms with Gasteiger partial charge in [-0.05, 0) is 87.7 Å². The molecule has 0 bridgehead atoms. The number of amides is 2. The van der Waals surface area contributed by atoms with Crippen molar-refractivity contribution in [2.24, 2.45) is 5.92 Å². The summed E-state index contributed by atoms with van der Waals surface area (Å²) in [6, 6.07) is 20.2. The molecule has 0 aliphatic carbocycles. The highest BCUT2D eigenvalue weighted by atomic mass is 32.2. The number of thiazole rings is 1. The SMILES string of the molecule is Cc1ccc(-n2nc(C(C)(C)C)cc2NC(=O)Nc2cccc(C(C3CCNCC3)S(=O)(=O)c3ccc(-c4csc(C)n4)s3)c2)cc1. The molecule has 2 amide bonds. The number of piperidine rings is 1. The highest BCUT2D eigenvalue weighted by molar-refractivity contribution is 7.93. The van der Waals surface area contributed by atoms with Crippen LogP contribution in [-0.4, -0.2) is 42.3 Å². The minimum absolute atomic E-state index is 0.0722. The fraction of sp³-hybridized carbons (Fsp3) is 0.343. The second kappa shape index (κ2) is 13.3. The van der Waals surface area contributed by atoms with Gasteiger partial charge in [-0.15, -0.1) is 22.7 Å². The number of hydrogen-bond donors (Lipinski definition) is 3. The number of carbonyl (C=O) groups is 1. The van der Waals surface area contributed by atoms with Crippen molar-refractivity contribution in [2.75, 3.05) is 23.7 Å². The number of nitrogens with zero attached hydrogens (tertiary/aromatic N) is 3. The van der Waals surface area contributed by atoms with Gasteiger partial charge in [0.05, 0.1) is 32.2 Å². The van der Waals surface area contributed by atoms with Gasteiger partial charge in [0.1, 0.15) is 10.0 Å². The number of urea groups is 1. The molecule has 12 heteroatoms. The number of carbonyl (C=O) groups excluding carboxylic acids is 1. The normalized spacial score (nSPS) is 15.0. The monoisotopic (exact) mass is 688 g/mol. The van der Waals surface area contributed by atoms with Gasteiger partial charge in [-0.1, -0.05) is 50.6 Å². The zero-order chi connectivity index (χ0) is 33.3. The Hall–Kier alpha value is -3.84. The maximum atomic E-state index is 14.4. The van der Waals surface area contributed by atoms with Crippen molar-refractivity contribution >= 4 is 50.0 Å². The number of hydrogen-bond acceptors (Lipinski definition) is 8. The van der Waals surface area contributed by atoms with E-state index in [2.05, 4.69) is 41.7 Å². The minimum atomic E-state index is -3.75. The Kier molecular flexibility index (Phi) is 9.39. The van der Waals surface area contributed by atoms with Crippen LogP contribution < -0.4 is 16.0 Å². The summed E-state index contributed by atoms with van der Waals surface area (Å²) in [6.07, 6.45) is 1.48. The first-order chi connectivity index (χ1) is 22.4. The number of aromatic nitrogens is 3. The van der Waals surface area contributed by atoms with Gasteiger partial charge in [-0.25, -0.2) is 22.9 Å². The van der Waals surface area contributed by atoms with Crippen LogP contribution in [0, 0.1) is 19.8 Å². The zero-order valence-electron chi connectivity index (χ0n) is 27.2. The first kappa shape index (κ1) is 33.1. The summed E-state index contributed by atoms with van der Waals surface area (Å²) in [7, 11) is -3.75. The Bertz CT molecular complexity index is 1980. The van der Waals surface area contributed by atoms with Crippen molar-refractivity contribution < 1.29 is 13.2 Å². The molecule has 0 saturated carbocycles. The van der Waals surface area contributed by atoms with Crippen LogP contribution in [0.4, 0.5) is 16.3 Å². The quantitative estimate of drug-likeness (QED) is 0.152. The van der Waals surface area contributed by atoms with Gasteiger partial charge in [-0.2, -0.15) is 5.10 Å². The molecule has 3 aromatic heterocycles. The average Bonchev–Trinajstić information content (AvgIpc) is 3.79. The van der Waals surface area contributed by atoms with Gasteiger partial charge in [-0.3, -0.25) is 5.32 Å². The molecule has 1 unspecified atom stereocenters. The van der Waals surface area contributed by atoms with Gasteiger partial charge in [0.15, 0.2) is 9.84 Å². The van der Waals surface area contributed by atoms with Crippen LogP contribution >= 0.6 is 22.7 Å². The third-order valence-electron chi connectivity index (χ3n) is 8.35. The van der Waals surface area contributed by atoms with E-state index in [0.717, 1.165) is 58.5 Å². The summed E-state index contributed by atoms with van der Waals surface area (Å²) in [5.41, 5.74) is 4.54. The van der Waals surface area contributed by atoms with Crippen molar-refractivity contribution in [3.63, 3.8) is 0 Å². The van der Waals surface area contributed by atoms with Gasteiger partial charge in [0.25, 0.3) is 0 Å². The predicted octanol–water partition coefficient (Wildman–Crippen LogP) is 8.13. The maximum absolute atomic E-state index is 14.4. The van der Waals surface area contributed by atoms with Crippen LogP contribution in [0.5, 0.6) is 0 Å². The smallest absolute Gasteiger partial charge is 0.317 e. The molecule has 3 N–H and O–H groups in total. The molecule has 0 spiro atoms. The van der Waals surface area contributed by atoms with E-state index < -0.39 is 21.1 Å². The lowest BCUT2D eigenvalue weighted by Crippen LogP contribution is -2.33. The summed E-state index contributed by atoms with van der Waals surface area (Å²) in [5, 5.41) is 16.2. The van der Waals surface area contributed by atoms with Crippen molar-refractivity contribution in [2.45, 2.75) is 62.3 Å². The number of nitrogens with one attached hydrogen (secondary N) is 3. The molecule has 5 aromatic rings. The zero-order valence-corrected chi connectivity index (χ0v) is 29.7. The fourth-order valence-electron chi connectivity index (χ4n) is 5.86. The van der Waals surface area contributed by atoms with E-state index in [1.807, 2.05) is 61.7 Å². The second-order valence-corrected chi connectivity index (χ2v) is 17.5. The first-order valence-electron chi connectivity index (χ1n) is 15.7. The Morgan fingerprint density at radius 2 is 1.74 bits per heavy atom. The number of sulfone groups is 1. The fourth-order valence-corrected chi connectivity index (χ4v) is 10.1.